The highest BCUT2D eigenvalue weighted by molar-refractivity contribution is 7.90. The van der Waals surface area contributed by atoms with E-state index in [4.69, 9.17) is 18.8 Å². The second kappa shape index (κ2) is 4.68. The van der Waals surface area contributed by atoms with Crippen molar-refractivity contribution in [3.8, 4) is 17.2 Å². The molecule has 0 amide bonds. The summed E-state index contributed by atoms with van der Waals surface area (Å²) in [5.74, 6) is -5.80. The van der Waals surface area contributed by atoms with Crippen LogP contribution in [0.5, 0.6) is 17.2 Å². The van der Waals surface area contributed by atoms with Gasteiger partial charge in [-0.15, -0.1) is 0 Å². The van der Waals surface area contributed by atoms with Crippen LogP contribution in [0.1, 0.15) is 0 Å². The molecule has 0 aliphatic rings. The van der Waals surface area contributed by atoms with Crippen LogP contribution in [0.15, 0.2) is 14.7 Å². The zero-order valence-electron chi connectivity index (χ0n) is 9.36. The first-order valence-corrected chi connectivity index (χ1v) is 8.65. The van der Waals surface area contributed by atoms with E-state index in [-0.39, 0.29) is 0 Å². The molecule has 1 aromatic carbocycles. The summed E-state index contributed by atoms with van der Waals surface area (Å²) >= 11 is 0. The fourth-order valence-corrected chi connectivity index (χ4v) is 4.70. The lowest BCUT2D eigenvalue weighted by Crippen LogP contribution is -2.15. The lowest BCUT2D eigenvalue weighted by Gasteiger charge is -2.13. The van der Waals surface area contributed by atoms with E-state index in [1.807, 2.05) is 0 Å². The first kappa shape index (κ1) is 17.4. The van der Waals surface area contributed by atoms with E-state index in [0.29, 0.717) is 0 Å². The first-order chi connectivity index (χ1) is 9.10. The van der Waals surface area contributed by atoms with Crippen LogP contribution in [0.2, 0.25) is 0 Å². The maximum absolute atomic E-state index is 11.1. The highest BCUT2D eigenvalue weighted by atomic mass is 32.2. The number of hydrogen-bond donors (Lipinski definition) is 6. The van der Waals surface area contributed by atoms with Gasteiger partial charge in [0.2, 0.25) is 5.75 Å². The monoisotopic (exact) mass is 366 g/mol. The molecule has 0 aromatic heterocycles. The van der Waals surface area contributed by atoms with Crippen LogP contribution in [-0.4, -0.2) is 54.2 Å². The fraction of sp³-hybridized carbons (Fsp3) is 0. The van der Waals surface area contributed by atoms with Crippen LogP contribution in [0, 0.1) is 0 Å². The Morgan fingerprint density at radius 3 is 0.905 bits per heavy atom. The SMILES string of the molecule is O=S(=O)(O)c1c(O)c(O)c(O)c(S(=O)(=O)O)c1S(=O)(=O)O. The Bertz CT molecular complexity index is 861. The molecule has 0 saturated heterocycles. The van der Waals surface area contributed by atoms with Crippen molar-refractivity contribution >= 4 is 30.4 Å². The van der Waals surface area contributed by atoms with Crippen LogP contribution in [-0.2, 0) is 30.4 Å². The van der Waals surface area contributed by atoms with Crippen LogP contribution in [0.3, 0.4) is 0 Å². The van der Waals surface area contributed by atoms with Crippen LogP contribution < -0.4 is 0 Å². The molecule has 0 bridgehead atoms. The molecular formula is C6H6O12S3. The molecule has 0 radical (unpaired) electrons. The molecule has 0 heterocycles. The third-order valence-electron chi connectivity index (χ3n) is 2.07. The molecule has 0 aliphatic carbocycles. The summed E-state index contributed by atoms with van der Waals surface area (Å²) in [6.07, 6.45) is 0. The van der Waals surface area contributed by atoms with Gasteiger partial charge < -0.3 is 15.3 Å². The summed E-state index contributed by atoms with van der Waals surface area (Å²) in [7, 11) is -17.2. The second-order valence-corrected chi connectivity index (χ2v) is 7.53. The van der Waals surface area contributed by atoms with Gasteiger partial charge in [0.1, 0.15) is 4.90 Å². The largest absolute Gasteiger partial charge is 0.503 e. The number of phenolic OH excluding ortho intramolecular Hbond substituents is 3. The van der Waals surface area contributed by atoms with Crippen molar-refractivity contribution in [2.75, 3.05) is 0 Å². The third-order valence-corrected chi connectivity index (χ3v) is 5.07. The summed E-state index contributed by atoms with van der Waals surface area (Å²) < 4.78 is 92.6. The van der Waals surface area contributed by atoms with Gasteiger partial charge in [-0.1, -0.05) is 0 Å². The standard InChI is InChI=1S/C6H6O12S3/c7-1-2(8)4(19(10,11)12)6(21(16,17)18)5(3(1)9)20(13,14)15/h7-9H,(H,10,11,12)(H,13,14,15)(H,16,17,18). The van der Waals surface area contributed by atoms with E-state index >= 15 is 0 Å². The second-order valence-electron chi connectivity index (χ2n) is 3.46. The highest BCUT2D eigenvalue weighted by Gasteiger charge is 2.40. The average Bonchev–Trinajstić information content (AvgIpc) is 2.19. The maximum atomic E-state index is 11.1. The first-order valence-electron chi connectivity index (χ1n) is 4.33. The van der Waals surface area contributed by atoms with E-state index in [1.165, 1.54) is 0 Å². The Morgan fingerprint density at radius 2 is 0.714 bits per heavy atom. The van der Waals surface area contributed by atoms with Gasteiger partial charge in [0.15, 0.2) is 21.3 Å². The minimum Gasteiger partial charge on any atom is -0.503 e. The molecule has 12 nitrogen and oxygen atoms in total. The molecule has 0 spiro atoms. The molecule has 0 fully saturated rings. The summed E-state index contributed by atoms with van der Waals surface area (Å²) in [6, 6.07) is 0. The zero-order chi connectivity index (χ0) is 17.0. The summed E-state index contributed by atoms with van der Waals surface area (Å²) in [4.78, 5) is -6.53. The van der Waals surface area contributed by atoms with Gasteiger partial charge in [-0.05, 0) is 0 Å². The van der Waals surface area contributed by atoms with Gasteiger partial charge in [-0.25, -0.2) is 0 Å². The predicted octanol–water partition coefficient (Wildman–Crippen LogP) is -1.46. The summed E-state index contributed by atoms with van der Waals surface area (Å²) in [5, 5.41) is 27.7. The topological polar surface area (TPSA) is 224 Å². The molecule has 0 aliphatic heterocycles. The van der Waals surface area contributed by atoms with Crippen molar-refractivity contribution < 1.29 is 54.2 Å². The lowest BCUT2D eigenvalue weighted by atomic mass is 10.3. The van der Waals surface area contributed by atoms with Crippen LogP contribution in [0.25, 0.3) is 0 Å². The van der Waals surface area contributed by atoms with Crippen molar-refractivity contribution in [1.29, 1.82) is 0 Å². The quantitative estimate of drug-likeness (QED) is 0.267. The lowest BCUT2D eigenvalue weighted by molar-refractivity contribution is 0.341. The van der Waals surface area contributed by atoms with E-state index in [1.54, 1.807) is 0 Å². The third kappa shape index (κ3) is 3.01. The van der Waals surface area contributed by atoms with Crippen molar-refractivity contribution in [3.05, 3.63) is 0 Å². The predicted molar refractivity (Wildman–Crippen MR) is 60.9 cm³/mol. The van der Waals surface area contributed by atoms with Crippen LogP contribution in [0.4, 0.5) is 0 Å². The number of phenols is 3. The van der Waals surface area contributed by atoms with Gasteiger partial charge in [0.25, 0.3) is 30.4 Å². The minimum absolute atomic E-state index is 1.87. The average molecular weight is 366 g/mol. The van der Waals surface area contributed by atoms with Gasteiger partial charge >= 0.3 is 0 Å². The van der Waals surface area contributed by atoms with E-state index in [0.717, 1.165) is 0 Å². The van der Waals surface area contributed by atoms with Gasteiger partial charge in [0.05, 0.1) is 0 Å². The number of rotatable bonds is 3. The van der Waals surface area contributed by atoms with Gasteiger partial charge in [-0.3, -0.25) is 13.7 Å². The number of aromatic hydroxyl groups is 3. The molecule has 0 unspecified atom stereocenters. The van der Waals surface area contributed by atoms with Crippen molar-refractivity contribution in [1.82, 2.24) is 0 Å². The maximum Gasteiger partial charge on any atom is 0.299 e. The van der Waals surface area contributed by atoms with Crippen molar-refractivity contribution in [3.63, 3.8) is 0 Å². The Hall–Kier alpha value is -1.65. The zero-order valence-corrected chi connectivity index (χ0v) is 11.8. The number of benzene rings is 1. The number of hydrogen-bond acceptors (Lipinski definition) is 9. The van der Waals surface area contributed by atoms with Crippen molar-refractivity contribution in [2.45, 2.75) is 14.7 Å². The highest BCUT2D eigenvalue weighted by Crippen LogP contribution is 2.48. The molecule has 15 heteroatoms. The Labute approximate surface area is 117 Å². The molecule has 0 atom stereocenters. The van der Waals surface area contributed by atoms with E-state index in [9.17, 15) is 35.5 Å². The smallest absolute Gasteiger partial charge is 0.299 e. The minimum atomic E-state index is -5.80. The molecular weight excluding hydrogens is 360 g/mol. The molecule has 21 heavy (non-hydrogen) atoms. The Kier molecular flexibility index (Phi) is 3.88. The summed E-state index contributed by atoms with van der Waals surface area (Å²) in [6.45, 7) is 0. The Balaban J connectivity index is 4.45. The van der Waals surface area contributed by atoms with Crippen molar-refractivity contribution in [2.24, 2.45) is 0 Å². The van der Waals surface area contributed by atoms with E-state index in [2.05, 4.69) is 0 Å². The molecule has 1 aromatic rings. The molecule has 120 valence electrons. The van der Waals surface area contributed by atoms with Gasteiger partial charge in [0, 0.05) is 0 Å². The van der Waals surface area contributed by atoms with Gasteiger partial charge in [-0.2, -0.15) is 25.3 Å². The molecule has 0 saturated carbocycles. The Morgan fingerprint density at radius 1 is 0.476 bits per heavy atom. The molecule has 1 rings (SSSR count). The molecule has 6 N–H and O–H groups in total. The summed E-state index contributed by atoms with van der Waals surface area (Å²) in [5.41, 5.74) is 0. The normalized spacial score (nSPS) is 13.3. The fourth-order valence-electron chi connectivity index (χ4n) is 1.36. The van der Waals surface area contributed by atoms with E-state index < -0.39 is 62.3 Å². The van der Waals surface area contributed by atoms with Crippen LogP contribution >= 0.6 is 0 Å².